The summed E-state index contributed by atoms with van der Waals surface area (Å²) in [6, 6.07) is 0.647. The molecule has 2 aliphatic carbocycles. The molecule has 0 aliphatic heterocycles. The quantitative estimate of drug-likeness (QED) is 0.275. The molecule has 2 aliphatic rings. The highest BCUT2D eigenvalue weighted by molar-refractivity contribution is 14.2. The first-order valence-corrected chi connectivity index (χ1v) is 11.4. The Morgan fingerprint density at radius 1 is 0.941 bits per heavy atom. The molecule has 0 heterocycles. The molecule has 3 heteroatoms. The minimum absolute atomic E-state index is 0.164. The molecular weight excluding hydrogens is 436 g/mol. The van der Waals surface area contributed by atoms with Crippen LogP contribution in [0.3, 0.4) is 0 Å². The number of alkyl halides is 2. The highest BCUT2D eigenvalue weighted by Crippen LogP contribution is 2.23. The molecule has 0 atom stereocenters. The summed E-state index contributed by atoms with van der Waals surface area (Å²) in [5, 5.41) is 0. The van der Waals surface area contributed by atoms with Crippen molar-refractivity contribution in [2.24, 2.45) is 4.99 Å². The summed E-state index contributed by atoms with van der Waals surface area (Å²) < 4.78 is 4.16. The minimum Gasteiger partial charge on any atom is -0.234 e. The van der Waals surface area contributed by atoms with E-state index < -0.39 is 0 Å². The van der Waals surface area contributed by atoms with E-state index in [9.17, 15) is 0 Å². The van der Waals surface area contributed by atoms with E-state index in [1.165, 1.54) is 64.2 Å². The fourth-order valence-corrected chi connectivity index (χ4v) is 3.93. The van der Waals surface area contributed by atoms with E-state index in [0.717, 1.165) is 3.92 Å². The van der Waals surface area contributed by atoms with Crippen LogP contribution in [0.2, 0.25) is 0 Å². The lowest BCUT2D eigenvalue weighted by Crippen LogP contribution is -2.08. The van der Waals surface area contributed by atoms with Gasteiger partial charge >= 0.3 is 0 Å². The SMILES string of the molecule is CI=C=NC1CCCCC1.IC1CCCCC1. The lowest BCUT2D eigenvalue weighted by molar-refractivity contribution is 0.445. The molecule has 0 amide bonds. The molecule has 1 nitrogen and oxygen atoms in total. The van der Waals surface area contributed by atoms with E-state index in [4.69, 9.17) is 0 Å². The zero-order valence-electron chi connectivity index (χ0n) is 10.9. The molecule has 0 aromatic heterocycles. The van der Waals surface area contributed by atoms with E-state index in [1.807, 2.05) is 0 Å². The van der Waals surface area contributed by atoms with Gasteiger partial charge in [-0.1, -0.05) is 81.8 Å². The van der Waals surface area contributed by atoms with Gasteiger partial charge in [-0.3, -0.25) is 0 Å². The summed E-state index contributed by atoms with van der Waals surface area (Å²) in [6.07, 6.45) is 14.2. The van der Waals surface area contributed by atoms with E-state index >= 15 is 0 Å². The topological polar surface area (TPSA) is 12.4 Å². The van der Waals surface area contributed by atoms with Gasteiger partial charge in [-0.15, -0.1) is 0 Å². The van der Waals surface area contributed by atoms with Crippen LogP contribution in [0, 0.1) is 0 Å². The Kier molecular flexibility index (Phi) is 10.3. The molecule has 2 saturated carbocycles. The summed E-state index contributed by atoms with van der Waals surface area (Å²) in [4.78, 5) is 6.60. The summed E-state index contributed by atoms with van der Waals surface area (Å²) in [5.41, 5.74) is 0. The van der Waals surface area contributed by atoms with Gasteiger partial charge in [0.1, 0.15) is 0 Å². The first-order chi connectivity index (χ1) is 8.33. The van der Waals surface area contributed by atoms with Gasteiger partial charge in [-0.25, -0.2) is 4.99 Å². The Bertz CT molecular complexity index is 235. The third-order valence-electron chi connectivity index (χ3n) is 3.43. The number of halogens is 2. The van der Waals surface area contributed by atoms with Gasteiger partial charge in [0.2, 0.25) is 0 Å². The van der Waals surface area contributed by atoms with Crippen LogP contribution in [0.4, 0.5) is 0 Å². The minimum atomic E-state index is 0.164. The van der Waals surface area contributed by atoms with Crippen molar-refractivity contribution in [1.29, 1.82) is 0 Å². The van der Waals surface area contributed by atoms with E-state index in [2.05, 4.69) is 36.3 Å². The summed E-state index contributed by atoms with van der Waals surface area (Å²) in [7, 11) is 0. The molecule has 100 valence electrons. The second-order valence-electron chi connectivity index (χ2n) is 4.93. The van der Waals surface area contributed by atoms with Crippen LogP contribution in [0.15, 0.2) is 4.99 Å². The molecule has 2 rings (SSSR count). The van der Waals surface area contributed by atoms with Gasteiger partial charge in [-0.2, -0.15) is 0 Å². The highest BCUT2D eigenvalue weighted by atomic mass is 127. The van der Waals surface area contributed by atoms with Crippen molar-refractivity contribution in [3.63, 3.8) is 0 Å². The Morgan fingerprint density at radius 2 is 1.47 bits per heavy atom. The molecule has 0 bridgehead atoms. The van der Waals surface area contributed by atoms with Crippen LogP contribution in [-0.2, 0) is 0 Å². The molecule has 17 heavy (non-hydrogen) atoms. The normalized spacial score (nSPS) is 22.2. The van der Waals surface area contributed by atoms with Crippen LogP contribution in [0.1, 0.15) is 64.2 Å². The summed E-state index contributed by atoms with van der Waals surface area (Å²) in [6.45, 7) is 0. The van der Waals surface area contributed by atoms with Gasteiger partial charge in [0, 0.05) is 7.73 Å². The van der Waals surface area contributed by atoms with Crippen molar-refractivity contribution in [2.45, 2.75) is 74.2 Å². The fraction of sp³-hybridized carbons (Fsp3) is 0.929. The van der Waals surface area contributed by atoms with Crippen LogP contribution < -0.4 is 0 Å². The average molecular weight is 461 g/mol. The number of rotatable bonds is 1. The molecule has 0 aromatic rings. The first-order valence-electron chi connectivity index (χ1n) is 6.90. The Morgan fingerprint density at radius 3 is 1.88 bits per heavy atom. The monoisotopic (exact) mass is 461 g/mol. The lowest BCUT2D eigenvalue weighted by atomic mass is 9.96. The number of nitrogens with zero attached hydrogens (tertiary/aromatic N) is 1. The maximum atomic E-state index is 4.40. The Balaban J connectivity index is 0.000000181. The predicted octanol–water partition coefficient (Wildman–Crippen LogP) is 5.58. The molecule has 0 unspecified atom stereocenters. The van der Waals surface area contributed by atoms with E-state index in [0.29, 0.717) is 6.04 Å². The Hall–Kier alpha value is 1.04. The maximum absolute atomic E-state index is 4.40. The van der Waals surface area contributed by atoms with Crippen LogP contribution in [0.5, 0.6) is 0 Å². The molecule has 2 fully saturated rings. The fourth-order valence-electron chi connectivity index (χ4n) is 2.38. The molecule has 0 radical (unpaired) electrons. The van der Waals surface area contributed by atoms with Crippen molar-refractivity contribution >= 4 is 47.1 Å². The van der Waals surface area contributed by atoms with Gasteiger partial charge in [0.25, 0.3) is 0 Å². The smallest absolute Gasteiger partial charge is 0.0598 e. The van der Waals surface area contributed by atoms with Crippen molar-refractivity contribution in [3.05, 3.63) is 0 Å². The third-order valence-corrected chi connectivity index (χ3v) is 5.43. The van der Waals surface area contributed by atoms with E-state index in [1.54, 1.807) is 0 Å². The average Bonchev–Trinajstić information content (AvgIpc) is 2.39. The van der Waals surface area contributed by atoms with Crippen LogP contribution in [0.25, 0.3) is 0 Å². The van der Waals surface area contributed by atoms with Crippen LogP contribution >= 0.6 is 43.3 Å². The zero-order valence-corrected chi connectivity index (χ0v) is 15.2. The summed E-state index contributed by atoms with van der Waals surface area (Å²) >= 11 is 2.72. The summed E-state index contributed by atoms with van der Waals surface area (Å²) in [5.74, 6) is 0. The second kappa shape index (κ2) is 10.9. The molecular formula is C14H25I2N. The van der Waals surface area contributed by atoms with Crippen molar-refractivity contribution in [2.75, 3.05) is 4.93 Å². The standard InChI is InChI=1S/C8H14IN.C6H11I/c1-9-7-10-8-5-3-2-4-6-8;7-6-4-2-1-3-5-6/h8H,2-6H2,1H3;6H,1-5H2. The van der Waals surface area contributed by atoms with Crippen molar-refractivity contribution < 1.29 is 0 Å². The second-order valence-corrected chi connectivity index (χ2v) is 8.25. The predicted molar refractivity (Wildman–Crippen MR) is 95.1 cm³/mol. The molecule has 0 saturated heterocycles. The van der Waals surface area contributed by atoms with Crippen molar-refractivity contribution in [1.82, 2.24) is 0 Å². The molecule has 0 aromatic carbocycles. The molecule has 0 spiro atoms. The zero-order chi connectivity index (χ0) is 12.3. The largest absolute Gasteiger partial charge is 0.234 e. The Labute approximate surface area is 130 Å². The lowest BCUT2D eigenvalue weighted by Gasteiger charge is -2.15. The van der Waals surface area contributed by atoms with Gasteiger partial charge < -0.3 is 0 Å². The first kappa shape index (κ1) is 16.1. The maximum Gasteiger partial charge on any atom is 0.0598 e. The number of hydrogen-bond donors (Lipinski definition) is 0. The van der Waals surface area contributed by atoms with Gasteiger partial charge in [0.15, 0.2) is 0 Å². The van der Waals surface area contributed by atoms with Crippen molar-refractivity contribution in [3.8, 4) is 0 Å². The highest BCUT2D eigenvalue weighted by Gasteiger charge is 2.10. The molecule has 0 N–H and O–H groups in total. The van der Waals surface area contributed by atoms with E-state index in [-0.39, 0.29) is 20.7 Å². The third kappa shape index (κ3) is 8.71. The van der Waals surface area contributed by atoms with Gasteiger partial charge in [-0.05, 0) is 30.6 Å². The van der Waals surface area contributed by atoms with Crippen LogP contribution in [-0.4, -0.2) is 18.7 Å². The number of hydrogen-bond acceptors (Lipinski definition) is 1. The van der Waals surface area contributed by atoms with Gasteiger partial charge in [0.05, 0.1) is 6.04 Å². The number of aliphatic imine (C=N–C) groups is 1.